The van der Waals surface area contributed by atoms with Crippen LogP contribution >= 0.6 is 0 Å². The molecule has 0 saturated carbocycles. The molecule has 0 saturated heterocycles. The number of nitrogens with one attached hydrogen (secondary N) is 1. The lowest BCUT2D eigenvalue weighted by Gasteiger charge is -2.21. The molecule has 0 spiro atoms. The maximum atomic E-state index is 11.6. The van der Waals surface area contributed by atoms with E-state index in [-0.39, 0.29) is 30.2 Å². The Hall–Kier alpha value is -1.33. The summed E-state index contributed by atoms with van der Waals surface area (Å²) in [4.78, 5) is 11.6. The lowest BCUT2D eigenvalue weighted by Crippen LogP contribution is -2.35. The van der Waals surface area contributed by atoms with Crippen molar-refractivity contribution < 1.29 is 14.3 Å². The van der Waals surface area contributed by atoms with Gasteiger partial charge in [-0.2, -0.15) is 0 Å². The lowest BCUT2D eigenvalue weighted by molar-refractivity contribution is 0.0882. The molecule has 5 nitrogen and oxygen atoms in total. The maximum Gasteiger partial charge on any atom is 0.287 e. The summed E-state index contributed by atoms with van der Waals surface area (Å²) in [5, 5.41) is 11.7. The molecular weight excluding hydrogens is 208 g/mol. The Morgan fingerprint density at radius 2 is 2.25 bits per heavy atom. The summed E-state index contributed by atoms with van der Waals surface area (Å²) in [6, 6.07) is 3.26. The van der Waals surface area contributed by atoms with E-state index < -0.39 is 0 Å². The van der Waals surface area contributed by atoms with Gasteiger partial charge in [0, 0.05) is 18.6 Å². The predicted octanol–water partition coefficient (Wildman–Crippen LogP) is 0.487. The van der Waals surface area contributed by atoms with E-state index in [1.54, 1.807) is 12.1 Å². The van der Waals surface area contributed by atoms with Gasteiger partial charge in [0.25, 0.3) is 5.91 Å². The Morgan fingerprint density at radius 1 is 1.56 bits per heavy atom. The summed E-state index contributed by atoms with van der Waals surface area (Å²) < 4.78 is 5.19. The zero-order valence-electron chi connectivity index (χ0n) is 9.62. The molecule has 1 heterocycles. The topological polar surface area (TPSA) is 88.5 Å². The lowest BCUT2D eigenvalue weighted by atomic mass is 9.95. The quantitative estimate of drug-likeness (QED) is 0.681. The van der Waals surface area contributed by atoms with E-state index >= 15 is 0 Å². The van der Waals surface area contributed by atoms with E-state index in [9.17, 15) is 4.79 Å². The second-order valence-electron chi connectivity index (χ2n) is 4.48. The van der Waals surface area contributed by atoms with Crippen molar-refractivity contribution >= 4 is 5.91 Å². The zero-order valence-corrected chi connectivity index (χ0v) is 9.62. The highest BCUT2D eigenvalue weighted by Gasteiger charge is 2.19. The molecule has 4 N–H and O–H groups in total. The zero-order chi connectivity index (χ0) is 12.2. The molecule has 1 amide bonds. The first-order valence-corrected chi connectivity index (χ1v) is 5.16. The molecule has 90 valence electrons. The highest BCUT2D eigenvalue weighted by atomic mass is 16.4. The highest BCUT2D eigenvalue weighted by molar-refractivity contribution is 5.91. The van der Waals surface area contributed by atoms with Crippen LogP contribution in [0.1, 0.15) is 30.2 Å². The predicted molar refractivity (Wildman–Crippen MR) is 59.8 cm³/mol. The van der Waals surface area contributed by atoms with Gasteiger partial charge in [-0.05, 0) is 12.1 Å². The highest BCUT2D eigenvalue weighted by Crippen LogP contribution is 2.12. The van der Waals surface area contributed by atoms with Crippen LogP contribution in [-0.4, -0.2) is 24.2 Å². The molecular formula is C11H18N2O3. The Kier molecular flexibility index (Phi) is 4.09. The molecule has 1 aromatic rings. The van der Waals surface area contributed by atoms with Crippen molar-refractivity contribution in [1.29, 1.82) is 0 Å². The number of nitrogens with two attached hydrogens (primary N) is 1. The minimum atomic E-state index is -0.334. The van der Waals surface area contributed by atoms with Gasteiger partial charge in [0.05, 0.1) is 6.54 Å². The van der Waals surface area contributed by atoms with Crippen molar-refractivity contribution in [3.63, 3.8) is 0 Å². The molecule has 1 aromatic heterocycles. The van der Waals surface area contributed by atoms with E-state index in [0.717, 1.165) is 0 Å². The van der Waals surface area contributed by atoms with Crippen LogP contribution < -0.4 is 11.1 Å². The number of carbonyl (C=O) groups is 1. The van der Waals surface area contributed by atoms with E-state index in [0.29, 0.717) is 12.3 Å². The van der Waals surface area contributed by atoms with Crippen molar-refractivity contribution in [2.45, 2.75) is 20.4 Å². The van der Waals surface area contributed by atoms with Gasteiger partial charge in [-0.15, -0.1) is 0 Å². The van der Waals surface area contributed by atoms with Crippen LogP contribution in [0.3, 0.4) is 0 Å². The third-order valence-electron chi connectivity index (χ3n) is 2.24. The van der Waals surface area contributed by atoms with Crippen LogP contribution in [0, 0.1) is 5.41 Å². The largest absolute Gasteiger partial charge is 0.455 e. The van der Waals surface area contributed by atoms with Crippen molar-refractivity contribution in [2.24, 2.45) is 11.1 Å². The number of aliphatic hydroxyl groups is 1. The van der Waals surface area contributed by atoms with Gasteiger partial charge in [0.1, 0.15) is 5.76 Å². The summed E-state index contributed by atoms with van der Waals surface area (Å²) in [5.74, 6) is 0.530. The Balaban J connectivity index is 2.53. The standard InChI is InChI=1S/C11H18N2O3/c1-11(2,7-14)6-13-10(15)9-4-3-8(5-12)16-9/h3-4,14H,5-7,12H2,1-2H3,(H,13,15). The van der Waals surface area contributed by atoms with E-state index in [2.05, 4.69) is 5.32 Å². The fourth-order valence-electron chi connectivity index (χ4n) is 1.07. The van der Waals surface area contributed by atoms with Gasteiger partial charge in [0.2, 0.25) is 0 Å². The SMILES string of the molecule is CC(C)(CO)CNC(=O)c1ccc(CN)o1. The normalized spacial score (nSPS) is 11.5. The molecule has 0 aromatic carbocycles. The summed E-state index contributed by atoms with van der Waals surface area (Å²) >= 11 is 0. The van der Waals surface area contributed by atoms with Gasteiger partial charge >= 0.3 is 0 Å². The van der Waals surface area contributed by atoms with Crippen molar-refractivity contribution in [1.82, 2.24) is 5.32 Å². The molecule has 0 aliphatic heterocycles. The molecule has 0 fully saturated rings. The first kappa shape index (κ1) is 12.7. The van der Waals surface area contributed by atoms with Crippen LogP contribution in [0.15, 0.2) is 16.5 Å². The number of furan rings is 1. The van der Waals surface area contributed by atoms with Crippen LogP contribution in [0.4, 0.5) is 0 Å². The molecule has 1 rings (SSSR count). The second-order valence-corrected chi connectivity index (χ2v) is 4.48. The number of amides is 1. The molecule has 0 atom stereocenters. The minimum Gasteiger partial charge on any atom is -0.455 e. The number of hydrogen-bond donors (Lipinski definition) is 3. The first-order valence-electron chi connectivity index (χ1n) is 5.16. The Morgan fingerprint density at radius 3 is 2.75 bits per heavy atom. The van der Waals surface area contributed by atoms with Crippen molar-refractivity contribution in [3.8, 4) is 0 Å². The molecule has 16 heavy (non-hydrogen) atoms. The van der Waals surface area contributed by atoms with Crippen LogP contribution in [-0.2, 0) is 6.54 Å². The van der Waals surface area contributed by atoms with Crippen LogP contribution in [0.2, 0.25) is 0 Å². The Labute approximate surface area is 94.6 Å². The van der Waals surface area contributed by atoms with Gasteiger partial charge in [-0.1, -0.05) is 13.8 Å². The second kappa shape index (κ2) is 5.14. The molecule has 0 unspecified atom stereocenters. The third kappa shape index (κ3) is 3.36. The van der Waals surface area contributed by atoms with E-state index in [4.69, 9.17) is 15.3 Å². The average Bonchev–Trinajstić information content (AvgIpc) is 2.74. The Bertz CT molecular complexity index is 358. The number of hydrogen-bond acceptors (Lipinski definition) is 4. The molecule has 0 aliphatic rings. The van der Waals surface area contributed by atoms with E-state index in [1.165, 1.54) is 0 Å². The number of rotatable bonds is 5. The first-order chi connectivity index (χ1) is 7.48. The summed E-state index contributed by atoms with van der Waals surface area (Å²) in [7, 11) is 0. The van der Waals surface area contributed by atoms with Crippen LogP contribution in [0.5, 0.6) is 0 Å². The van der Waals surface area contributed by atoms with Crippen molar-refractivity contribution in [2.75, 3.05) is 13.2 Å². The average molecular weight is 226 g/mol. The van der Waals surface area contributed by atoms with Crippen molar-refractivity contribution in [3.05, 3.63) is 23.7 Å². The fraction of sp³-hybridized carbons (Fsp3) is 0.545. The fourth-order valence-corrected chi connectivity index (χ4v) is 1.07. The summed E-state index contributed by atoms with van der Waals surface area (Å²) in [6.45, 7) is 4.40. The smallest absolute Gasteiger partial charge is 0.287 e. The summed E-state index contributed by atoms with van der Waals surface area (Å²) in [6.07, 6.45) is 0. The monoisotopic (exact) mass is 226 g/mol. The molecule has 0 radical (unpaired) electrons. The van der Waals surface area contributed by atoms with Gasteiger partial charge in [-0.25, -0.2) is 0 Å². The molecule has 0 aliphatic carbocycles. The van der Waals surface area contributed by atoms with Gasteiger partial charge in [0.15, 0.2) is 5.76 Å². The third-order valence-corrected chi connectivity index (χ3v) is 2.24. The van der Waals surface area contributed by atoms with Gasteiger partial charge in [-0.3, -0.25) is 4.79 Å². The maximum absolute atomic E-state index is 11.6. The minimum absolute atomic E-state index is 0.0134. The molecule has 5 heteroatoms. The van der Waals surface area contributed by atoms with Crippen LogP contribution in [0.25, 0.3) is 0 Å². The van der Waals surface area contributed by atoms with Gasteiger partial charge < -0.3 is 20.6 Å². The number of carbonyl (C=O) groups excluding carboxylic acids is 1. The number of aliphatic hydroxyl groups excluding tert-OH is 1. The summed E-state index contributed by atoms with van der Waals surface area (Å²) in [5.41, 5.74) is 5.04. The molecule has 0 bridgehead atoms. The van der Waals surface area contributed by atoms with E-state index in [1.807, 2.05) is 13.8 Å².